The van der Waals surface area contributed by atoms with E-state index in [9.17, 15) is 0 Å². The second-order valence-electron chi connectivity index (χ2n) is 3.78. The first-order chi connectivity index (χ1) is 10.2. The van der Waals surface area contributed by atoms with E-state index in [1.54, 1.807) is 12.1 Å². The summed E-state index contributed by atoms with van der Waals surface area (Å²) in [6.07, 6.45) is 2.83. The summed E-state index contributed by atoms with van der Waals surface area (Å²) in [6.45, 7) is 0. The molecule has 0 aliphatic heterocycles. The molecule has 0 saturated heterocycles. The van der Waals surface area contributed by atoms with Crippen LogP contribution in [0.1, 0.15) is 0 Å². The van der Waals surface area contributed by atoms with E-state index in [2.05, 4.69) is 46.4 Å². The highest BCUT2D eigenvalue weighted by Crippen LogP contribution is 2.21. The fourth-order valence-corrected chi connectivity index (χ4v) is 1.74. The molecule has 0 bridgehead atoms. The molecular weight excluding hydrogens is 340 g/mol. The van der Waals surface area contributed by atoms with E-state index < -0.39 is 0 Å². The molecule has 9 nitrogen and oxygen atoms in total. The van der Waals surface area contributed by atoms with Crippen LogP contribution >= 0.6 is 15.9 Å². The van der Waals surface area contributed by atoms with Crippen LogP contribution in [0.4, 0.5) is 5.95 Å². The van der Waals surface area contributed by atoms with E-state index in [4.69, 9.17) is 10.6 Å². The highest BCUT2D eigenvalue weighted by atomic mass is 79.9. The number of halogens is 1. The minimum absolute atomic E-state index is 0.0887. The fourth-order valence-electron chi connectivity index (χ4n) is 1.48. The van der Waals surface area contributed by atoms with Crippen molar-refractivity contribution in [3.63, 3.8) is 0 Å². The number of nitrogens with zero attached hydrogens (tertiary/aromatic N) is 6. The fraction of sp³-hybridized carbons (Fsp3) is 0. The van der Waals surface area contributed by atoms with Gasteiger partial charge in [-0.1, -0.05) is 15.9 Å². The van der Waals surface area contributed by atoms with Crippen molar-refractivity contribution in [2.75, 3.05) is 5.43 Å². The van der Waals surface area contributed by atoms with E-state index in [0.717, 1.165) is 4.47 Å². The Morgan fingerprint density at radius 1 is 1.14 bits per heavy atom. The van der Waals surface area contributed by atoms with Gasteiger partial charge in [-0.25, -0.2) is 10.8 Å². The molecule has 21 heavy (non-hydrogen) atoms. The predicted molar refractivity (Wildman–Crippen MR) is 76.8 cm³/mol. The average Bonchev–Trinajstić information content (AvgIpc) is 3.04. The molecule has 0 amide bonds. The van der Waals surface area contributed by atoms with Crippen molar-refractivity contribution in [1.82, 2.24) is 29.7 Å². The van der Waals surface area contributed by atoms with Gasteiger partial charge in [0.1, 0.15) is 18.4 Å². The van der Waals surface area contributed by atoms with E-state index >= 15 is 0 Å². The Bertz CT molecular complexity index is 730. The van der Waals surface area contributed by atoms with E-state index in [1.807, 2.05) is 12.1 Å². The largest absolute Gasteiger partial charge is 0.424 e. The van der Waals surface area contributed by atoms with Crippen LogP contribution in [0, 0.1) is 0 Å². The molecule has 0 aliphatic carbocycles. The van der Waals surface area contributed by atoms with Crippen LogP contribution in [0.3, 0.4) is 0 Å². The van der Waals surface area contributed by atoms with E-state index in [1.165, 1.54) is 17.3 Å². The van der Waals surface area contributed by atoms with Crippen molar-refractivity contribution < 1.29 is 4.74 Å². The third kappa shape index (κ3) is 3.12. The van der Waals surface area contributed by atoms with Gasteiger partial charge >= 0.3 is 6.01 Å². The van der Waals surface area contributed by atoms with Crippen LogP contribution < -0.4 is 16.0 Å². The zero-order valence-electron chi connectivity index (χ0n) is 10.5. The number of hydrogen-bond donors (Lipinski definition) is 2. The third-order valence-electron chi connectivity index (χ3n) is 2.38. The zero-order chi connectivity index (χ0) is 14.7. The minimum Gasteiger partial charge on any atom is -0.424 e. The number of nitrogens with one attached hydrogen (secondary N) is 1. The number of ether oxygens (including phenoxy) is 1. The Balaban J connectivity index is 1.94. The number of hydrazine groups is 1. The van der Waals surface area contributed by atoms with Gasteiger partial charge < -0.3 is 4.74 Å². The molecule has 0 saturated carbocycles. The zero-order valence-corrected chi connectivity index (χ0v) is 12.1. The molecule has 2 heterocycles. The van der Waals surface area contributed by atoms with Crippen molar-refractivity contribution >= 4 is 21.9 Å². The molecule has 0 radical (unpaired) electrons. The third-order valence-corrected chi connectivity index (χ3v) is 2.91. The lowest BCUT2D eigenvalue weighted by atomic mass is 10.3. The van der Waals surface area contributed by atoms with Crippen LogP contribution in [-0.4, -0.2) is 29.7 Å². The van der Waals surface area contributed by atoms with Crippen LogP contribution in [0.5, 0.6) is 11.8 Å². The lowest BCUT2D eigenvalue weighted by Crippen LogP contribution is -2.14. The molecular formula is C11H9BrN8O. The number of aromatic nitrogens is 6. The molecule has 0 aliphatic rings. The summed E-state index contributed by atoms with van der Waals surface area (Å²) < 4.78 is 7.89. The summed E-state index contributed by atoms with van der Waals surface area (Å²) in [5.74, 6) is 6.32. The Hall–Kier alpha value is -2.59. The number of rotatable bonds is 4. The topological polar surface area (TPSA) is 117 Å². The van der Waals surface area contributed by atoms with Gasteiger partial charge in [-0.15, -0.1) is 0 Å². The average molecular weight is 349 g/mol. The molecule has 10 heteroatoms. The summed E-state index contributed by atoms with van der Waals surface area (Å²) in [5.41, 5.74) is 2.35. The number of nitrogens with two attached hydrogens (primary N) is 1. The first-order valence-corrected chi connectivity index (χ1v) is 6.55. The standard InChI is InChI=1S/C11H9BrN8O/c12-7-1-3-8(4-2-7)21-11-17-9(19-13)16-10(18-11)20-6-14-5-15-20/h1-6H,13H2,(H,16,17,18,19). The van der Waals surface area contributed by atoms with Crippen molar-refractivity contribution in [3.8, 4) is 17.7 Å². The van der Waals surface area contributed by atoms with Crippen LogP contribution in [0.15, 0.2) is 41.4 Å². The highest BCUT2D eigenvalue weighted by Gasteiger charge is 2.10. The summed E-state index contributed by atoms with van der Waals surface area (Å²) in [4.78, 5) is 16.1. The van der Waals surface area contributed by atoms with E-state index in [-0.39, 0.29) is 17.9 Å². The second-order valence-corrected chi connectivity index (χ2v) is 4.70. The Morgan fingerprint density at radius 2 is 1.95 bits per heavy atom. The molecule has 106 valence electrons. The second kappa shape index (κ2) is 5.81. The maximum absolute atomic E-state index is 5.57. The number of anilines is 1. The lowest BCUT2D eigenvalue weighted by molar-refractivity contribution is 0.438. The molecule has 1 aromatic carbocycles. The Kier molecular flexibility index (Phi) is 3.71. The summed E-state index contributed by atoms with van der Waals surface area (Å²) in [5, 5.41) is 3.94. The first kappa shape index (κ1) is 13.4. The SMILES string of the molecule is NNc1nc(Oc2ccc(Br)cc2)nc(-n2cncn2)n1. The van der Waals surface area contributed by atoms with Crippen molar-refractivity contribution in [2.24, 2.45) is 5.84 Å². The van der Waals surface area contributed by atoms with E-state index in [0.29, 0.717) is 5.75 Å². The van der Waals surface area contributed by atoms with Gasteiger partial charge in [-0.05, 0) is 24.3 Å². The quantitative estimate of drug-likeness (QED) is 0.535. The predicted octanol–water partition coefficient (Wildman–Crippen LogP) is 1.29. The maximum Gasteiger partial charge on any atom is 0.328 e. The summed E-state index contributed by atoms with van der Waals surface area (Å²) >= 11 is 3.35. The van der Waals surface area contributed by atoms with Gasteiger partial charge in [0.15, 0.2) is 0 Å². The van der Waals surface area contributed by atoms with Crippen LogP contribution in [0.25, 0.3) is 5.95 Å². The normalized spacial score (nSPS) is 10.4. The molecule has 3 aromatic rings. The van der Waals surface area contributed by atoms with Gasteiger partial charge in [-0.2, -0.15) is 24.7 Å². The monoisotopic (exact) mass is 348 g/mol. The smallest absolute Gasteiger partial charge is 0.328 e. The molecule has 2 aromatic heterocycles. The molecule has 3 rings (SSSR count). The van der Waals surface area contributed by atoms with Gasteiger partial charge in [0.25, 0.3) is 5.95 Å². The summed E-state index contributed by atoms with van der Waals surface area (Å²) in [7, 11) is 0. The maximum atomic E-state index is 5.57. The molecule has 0 spiro atoms. The minimum atomic E-state index is 0.0887. The Labute approximate surface area is 127 Å². The highest BCUT2D eigenvalue weighted by molar-refractivity contribution is 9.10. The molecule has 0 unspecified atom stereocenters. The molecule has 3 N–H and O–H groups in total. The Morgan fingerprint density at radius 3 is 2.62 bits per heavy atom. The van der Waals surface area contributed by atoms with Gasteiger partial charge in [0, 0.05) is 4.47 Å². The van der Waals surface area contributed by atoms with Crippen LogP contribution in [-0.2, 0) is 0 Å². The first-order valence-electron chi connectivity index (χ1n) is 5.76. The molecule has 0 atom stereocenters. The van der Waals surface area contributed by atoms with Gasteiger partial charge in [-0.3, -0.25) is 5.43 Å². The van der Waals surface area contributed by atoms with Crippen molar-refractivity contribution in [2.45, 2.75) is 0 Å². The van der Waals surface area contributed by atoms with Gasteiger partial charge in [0.2, 0.25) is 5.95 Å². The number of benzene rings is 1. The number of nitrogen functional groups attached to an aromatic ring is 1. The number of hydrogen-bond acceptors (Lipinski definition) is 8. The van der Waals surface area contributed by atoms with Crippen LogP contribution in [0.2, 0.25) is 0 Å². The summed E-state index contributed by atoms with van der Waals surface area (Å²) in [6, 6.07) is 7.33. The van der Waals surface area contributed by atoms with Gasteiger partial charge in [0.05, 0.1) is 0 Å². The van der Waals surface area contributed by atoms with Crippen molar-refractivity contribution in [1.29, 1.82) is 0 Å². The van der Waals surface area contributed by atoms with Crippen molar-refractivity contribution in [3.05, 3.63) is 41.4 Å². The molecule has 0 fully saturated rings. The lowest BCUT2D eigenvalue weighted by Gasteiger charge is -2.07.